The van der Waals surface area contributed by atoms with Crippen LogP contribution in [-0.4, -0.2) is 17.4 Å². The van der Waals surface area contributed by atoms with Gasteiger partial charge in [0.25, 0.3) is 5.91 Å². The van der Waals surface area contributed by atoms with Crippen molar-refractivity contribution in [3.05, 3.63) is 64.4 Å². The van der Waals surface area contributed by atoms with Gasteiger partial charge in [-0.1, -0.05) is 23.7 Å². The van der Waals surface area contributed by atoms with Crippen molar-refractivity contribution in [3.63, 3.8) is 0 Å². The molecule has 2 rings (SSSR count). The number of amides is 1. The van der Waals surface area contributed by atoms with Crippen molar-refractivity contribution < 1.29 is 9.18 Å². The van der Waals surface area contributed by atoms with Gasteiger partial charge in [-0.2, -0.15) is 0 Å². The predicted molar refractivity (Wildman–Crippen MR) is 82.7 cm³/mol. The van der Waals surface area contributed by atoms with Crippen molar-refractivity contribution in [1.29, 1.82) is 0 Å². The molecule has 0 atom stereocenters. The molecule has 0 saturated heterocycles. The monoisotopic (exact) mass is 306 g/mol. The molecule has 0 aliphatic carbocycles. The van der Waals surface area contributed by atoms with Crippen LogP contribution in [0.25, 0.3) is 0 Å². The number of halogens is 2. The first-order valence-electron chi connectivity index (χ1n) is 6.59. The lowest BCUT2D eigenvalue weighted by Crippen LogP contribution is -2.30. The number of benzene rings is 2. The van der Waals surface area contributed by atoms with Crippen molar-refractivity contribution in [1.82, 2.24) is 4.90 Å². The van der Waals surface area contributed by atoms with Crippen LogP contribution in [-0.2, 0) is 6.54 Å². The van der Waals surface area contributed by atoms with Crippen LogP contribution >= 0.6 is 11.6 Å². The Kier molecular flexibility index (Phi) is 4.81. The van der Waals surface area contributed by atoms with Crippen LogP contribution in [0.5, 0.6) is 0 Å². The van der Waals surface area contributed by atoms with E-state index in [1.54, 1.807) is 17.0 Å². The van der Waals surface area contributed by atoms with Gasteiger partial charge in [-0.15, -0.1) is 0 Å². The molecule has 0 spiro atoms. The summed E-state index contributed by atoms with van der Waals surface area (Å²) in [7, 11) is 0. The van der Waals surface area contributed by atoms with Crippen molar-refractivity contribution >= 4 is 23.2 Å². The van der Waals surface area contributed by atoms with Gasteiger partial charge >= 0.3 is 0 Å². The standard InChI is InChI=1S/C16H16ClFN2O/c1-2-20(10-11-4-3-5-13(17)6-11)16(21)12-7-14(18)9-15(19)8-12/h3-9H,2,10,19H2,1H3. The minimum absolute atomic E-state index is 0.233. The minimum Gasteiger partial charge on any atom is -0.399 e. The fraction of sp³-hybridized carbons (Fsp3) is 0.188. The molecule has 0 aromatic heterocycles. The van der Waals surface area contributed by atoms with E-state index in [0.717, 1.165) is 5.56 Å². The SMILES string of the molecule is CCN(Cc1cccc(Cl)c1)C(=O)c1cc(N)cc(F)c1. The van der Waals surface area contributed by atoms with E-state index in [1.165, 1.54) is 18.2 Å². The second kappa shape index (κ2) is 6.59. The first kappa shape index (κ1) is 15.3. The number of carbonyl (C=O) groups is 1. The van der Waals surface area contributed by atoms with Crippen LogP contribution < -0.4 is 5.73 Å². The fourth-order valence-electron chi connectivity index (χ4n) is 2.10. The number of hydrogen-bond acceptors (Lipinski definition) is 2. The summed E-state index contributed by atoms with van der Waals surface area (Å²) in [5, 5.41) is 0.617. The summed E-state index contributed by atoms with van der Waals surface area (Å²) in [5.74, 6) is -0.777. The molecule has 0 aliphatic heterocycles. The van der Waals surface area contributed by atoms with E-state index < -0.39 is 5.82 Å². The number of rotatable bonds is 4. The van der Waals surface area contributed by atoms with Gasteiger partial charge in [0.1, 0.15) is 5.82 Å². The summed E-state index contributed by atoms with van der Waals surface area (Å²) in [6.07, 6.45) is 0. The molecule has 2 aromatic carbocycles. The van der Waals surface area contributed by atoms with E-state index in [9.17, 15) is 9.18 Å². The van der Waals surface area contributed by atoms with E-state index in [1.807, 2.05) is 19.1 Å². The van der Waals surface area contributed by atoms with Crippen molar-refractivity contribution in [2.45, 2.75) is 13.5 Å². The zero-order chi connectivity index (χ0) is 15.4. The molecule has 0 heterocycles. The summed E-state index contributed by atoms with van der Waals surface area (Å²) in [6.45, 7) is 2.78. The van der Waals surface area contributed by atoms with Crippen molar-refractivity contribution in [2.24, 2.45) is 0 Å². The third-order valence-corrected chi connectivity index (χ3v) is 3.33. The van der Waals surface area contributed by atoms with Crippen LogP contribution in [0.3, 0.4) is 0 Å². The number of anilines is 1. The van der Waals surface area contributed by atoms with Crippen molar-refractivity contribution in [2.75, 3.05) is 12.3 Å². The van der Waals surface area contributed by atoms with Gasteiger partial charge in [-0.3, -0.25) is 4.79 Å². The lowest BCUT2D eigenvalue weighted by molar-refractivity contribution is 0.0752. The van der Waals surface area contributed by atoms with Crippen LogP contribution in [0.2, 0.25) is 5.02 Å². The topological polar surface area (TPSA) is 46.3 Å². The quantitative estimate of drug-likeness (QED) is 0.875. The van der Waals surface area contributed by atoms with Crippen LogP contribution in [0.15, 0.2) is 42.5 Å². The molecule has 0 bridgehead atoms. The van der Waals surface area contributed by atoms with Crippen LogP contribution in [0, 0.1) is 5.82 Å². The summed E-state index contributed by atoms with van der Waals surface area (Å²) in [6, 6.07) is 11.2. The molecule has 2 N–H and O–H groups in total. The predicted octanol–water partition coefficient (Wildman–Crippen LogP) is 3.72. The van der Waals surface area contributed by atoms with Gasteiger partial charge in [-0.25, -0.2) is 4.39 Å². The Morgan fingerprint density at radius 3 is 2.67 bits per heavy atom. The summed E-state index contributed by atoms with van der Waals surface area (Å²) < 4.78 is 13.4. The average molecular weight is 307 g/mol. The highest BCUT2D eigenvalue weighted by Crippen LogP contribution is 2.16. The van der Waals surface area contributed by atoms with Gasteiger partial charge in [-0.05, 0) is 42.8 Å². The minimum atomic E-state index is -0.517. The van der Waals surface area contributed by atoms with E-state index >= 15 is 0 Å². The van der Waals surface area contributed by atoms with Crippen LogP contribution in [0.4, 0.5) is 10.1 Å². The Morgan fingerprint density at radius 2 is 2.05 bits per heavy atom. The second-order valence-corrected chi connectivity index (χ2v) is 5.16. The van der Waals surface area contributed by atoms with Gasteiger partial charge in [0.2, 0.25) is 0 Å². The molecular weight excluding hydrogens is 291 g/mol. The Labute approximate surface area is 128 Å². The summed E-state index contributed by atoms with van der Waals surface area (Å²) >= 11 is 5.94. The van der Waals surface area contributed by atoms with E-state index in [4.69, 9.17) is 17.3 Å². The largest absolute Gasteiger partial charge is 0.399 e. The zero-order valence-electron chi connectivity index (χ0n) is 11.6. The van der Waals surface area contributed by atoms with Crippen molar-refractivity contribution in [3.8, 4) is 0 Å². The lowest BCUT2D eigenvalue weighted by Gasteiger charge is -2.21. The number of nitrogens with two attached hydrogens (primary N) is 1. The van der Waals surface area contributed by atoms with Gasteiger partial charge in [0.15, 0.2) is 0 Å². The first-order chi connectivity index (χ1) is 9.99. The molecule has 5 heteroatoms. The smallest absolute Gasteiger partial charge is 0.254 e. The number of nitrogens with zero attached hydrogens (tertiary/aromatic N) is 1. The number of carbonyl (C=O) groups excluding carboxylic acids is 1. The fourth-order valence-corrected chi connectivity index (χ4v) is 2.31. The highest BCUT2D eigenvalue weighted by atomic mass is 35.5. The molecule has 0 saturated carbocycles. The number of nitrogen functional groups attached to an aromatic ring is 1. The highest BCUT2D eigenvalue weighted by molar-refractivity contribution is 6.30. The Balaban J connectivity index is 2.22. The first-order valence-corrected chi connectivity index (χ1v) is 6.97. The molecule has 2 aromatic rings. The molecule has 21 heavy (non-hydrogen) atoms. The third kappa shape index (κ3) is 3.95. The molecular formula is C16H16ClFN2O. The Hall–Kier alpha value is -2.07. The molecule has 0 radical (unpaired) electrons. The lowest BCUT2D eigenvalue weighted by atomic mass is 10.1. The third-order valence-electron chi connectivity index (χ3n) is 3.10. The summed E-state index contributed by atoms with van der Waals surface area (Å²) in [5.41, 5.74) is 6.98. The van der Waals surface area contributed by atoms with E-state index in [0.29, 0.717) is 18.1 Å². The maximum absolute atomic E-state index is 13.4. The molecule has 0 unspecified atom stereocenters. The van der Waals surface area contributed by atoms with Gasteiger partial charge < -0.3 is 10.6 Å². The van der Waals surface area contributed by atoms with Crippen LogP contribution in [0.1, 0.15) is 22.8 Å². The molecule has 1 amide bonds. The zero-order valence-corrected chi connectivity index (χ0v) is 12.4. The van der Waals surface area contributed by atoms with E-state index in [2.05, 4.69) is 0 Å². The van der Waals surface area contributed by atoms with Gasteiger partial charge in [0, 0.05) is 29.4 Å². The maximum Gasteiger partial charge on any atom is 0.254 e. The molecule has 3 nitrogen and oxygen atoms in total. The Morgan fingerprint density at radius 1 is 1.29 bits per heavy atom. The second-order valence-electron chi connectivity index (χ2n) is 4.72. The molecule has 110 valence electrons. The average Bonchev–Trinajstić information content (AvgIpc) is 2.43. The summed E-state index contributed by atoms with van der Waals surface area (Å²) in [4.78, 5) is 14.1. The van der Waals surface area contributed by atoms with E-state index in [-0.39, 0.29) is 17.2 Å². The molecule has 0 aliphatic rings. The van der Waals surface area contributed by atoms with Gasteiger partial charge in [0.05, 0.1) is 0 Å². The normalized spacial score (nSPS) is 10.4. The number of hydrogen-bond donors (Lipinski definition) is 1. The molecule has 0 fully saturated rings. The highest BCUT2D eigenvalue weighted by Gasteiger charge is 2.16. The maximum atomic E-state index is 13.4. The Bertz CT molecular complexity index is 640.